The summed E-state index contributed by atoms with van der Waals surface area (Å²) in [4.78, 5) is 0. The fraction of sp³-hybridized carbons (Fsp3) is 0.400. The zero-order chi connectivity index (χ0) is 17.7. The summed E-state index contributed by atoms with van der Waals surface area (Å²) in [5.74, 6) is 0.524. The van der Waals surface area contributed by atoms with E-state index in [4.69, 9.17) is 4.74 Å². The highest BCUT2D eigenvalue weighted by Crippen LogP contribution is 2.34. The highest BCUT2D eigenvalue weighted by Gasteiger charge is 2.31. The summed E-state index contributed by atoms with van der Waals surface area (Å²) in [6.07, 6.45) is -2.19. The maximum atomic E-state index is 13.1. The Morgan fingerprint density at radius 3 is 2.40 bits per heavy atom. The zero-order valence-electron chi connectivity index (χ0n) is 14.0. The van der Waals surface area contributed by atoms with Crippen molar-refractivity contribution in [2.45, 2.75) is 25.6 Å². The molecule has 1 fully saturated rings. The molecule has 2 aromatic rings. The van der Waals surface area contributed by atoms with Gasteiger partial charge in [-0.2, -0.15) is 13.2 Å². The summed E-state index contributed by atoms with van der Waals surface area (Å²) in [6.45, 7) is 2.98. The van der Waals surface area contributed by atoms with E-state index in [0.717, 1.165) is 43.1 Å². The van der Waals surface area contributed by atoms with Crippen molar-refractivity contribution in [2.75, 3.05) is 19.7 Å². The molecule has 2 nitrogen and oxygen atoms in total. The van der Waals surface area contributed by atoms with Gasteiger partial charge in [-0.25, -0.2) is 0 Å². The second-order valence-electron chi connectivity index (χ2n) is 6.44. The number of hydrogen-bond acceptors (Lipinski definition) is 2. The molecule has 1 saturated heterocycles. The topological polar surface area (TPSA) is 21.3 Å². The average molecular weight is 349 g/mol. The first-order chi connectivity index (χ1) is 12.0. The van der Waals surface area contributed by atoms with Gasteiger partial charge in [-0.1, -0.05) is 36.4 Å². The van der Waals surface area contributed by atoms with Crippen LogP contribution < -0.4 is 5.32 Å². The molecule has 0 spiro atoms. The van der Waals surface area contributed by atoms with Crippen LogP contribution in [-0.4, -0.2) is 19.7 Å². The summed E-state index contributed by atoms with van der Waals surface area (Å²) in [7, 11) is 0. The number of benzene rings is 2. The van der Waals surface area contributed by atoms with Crippen LogP contribution in [0.4, 0.5) is 13.2 Å². The molecule has 1 heterocycles. The Kier molecular flexibility index (Phi) is 5.76. The zero-order valence-corrected chi connectivity index (χ0v) is 14.0. The number of nitrogens with one attached hydrogen (secondary N) is 1. The molecule has 1 N–H and O–H groups in total. The van der Waals surface area contributed by atoms with Crippen LogP contribution in [0.5, 0.6) is 0 Å². The molecule has 0 bridgehead atoms. The van der Waals surface area contributed by atoms with Gasteiger partial charge in [-0.3, -0.25) is 0 Å². The van der Waals surface area contributed by atoms with Crippen LogP contribution in [0.1, 0.15) is 24.0 Å². The standard InChI is InChI=1S/C20H22F3NO/c21-20(22,23)18-7-6-17(14-25-13-15-8-10-24-11-9-15)19(12-18)16-4-2-1-3-5-16/h1-7,12,15,24H,8-11,13-14H2. The molecule has 1 aliphatic heterocycles. The van der Waals surface area contributed by atoms with Crippen molar-refractivity contribution in [2.24, 2.45) is 5.92 Å². The Morgan fingerprint density at radius 2 is 1.72 bits per heavy atom. The van der Waals surface area contributed by atoms with Crippen molar-refractivity contribution in [1.82, 2.24) is 5.32 Å². The van der Waals surface area contributed by atoms with Gasteiger partial charge in [0.1, 0.15) is 0 Å². The van der Waals surface area contributed by atoms with Gasteiger partial charge >= 0.3 is 6.18 Å². The van der Waals surface area contributed by atoms with Crippen LogP contribution in [0.25, 0.3) is 11.1 Å². The van der Waals surface area contributed by atoms with Crippen molar-refractivity contribution < 1.29 is 17.9 Å². The first kappa shape index (κ1) is 18.0. The van der Waals surface area contributed by atoms with Crippen molar-refractivity contribution in [3.63, 3.8) is 0 Å². The second-order valence-corrected chi connectivity index (χ2v) is 6.44. The fourth-order valence-electron chi connectivity index (χ4n) is 3.15. The van der Waals surface area contributed by atoms with Crippen molar-refractivity contribution in [3.8, 4) is 11.1 Å². The highest BCUT2D eigenvalue weighted by molar-refractivity contribution is 5.68. The Labute approximate surface area is 146 Å². The maximum Gasteiger partial charge on any atom is 0.416 e. The highest BCUT2D eigenvalue weighted by atomic mass is 19.4. The lowest BCUT2D eigenvalue weighted by Crippen LogP contribution is -2.29. The Bertz CT molecular complexity index is 679. The van der Waals surface area contributed by atoms with E-state index in [9.17, 15) is 13.2 Å². The third-order valence-electron chi connectivity index (χ3n) is 4.59. The van der Waals surface area contributed by atoms with Crippen LogP contribution in [0, 0.1) is 5.92 Å². The number of piperidine rings is 1. The fourth-order valence-corrected chi connectivity index (χ4v) is 3.15. The summed E-state index contributed by atoms with van der Waals surface area (Å²) >= 11 is 0. The lowest BCUT2D eigenvalue weighted by Gasteiger charge is -2.22. The van der Waals surface area contributed by atoms with Crippen LogP contribution in [-0.2, 0) is 17.5 Å². The van der Waals surface area contributed by atoms with E-state index in [2.05, 4.69) is 5.32 Å². The number of rotatable bonds is 5. The molecular formula is C20H22F3NO. The first-order valence-electron chi connectivity index (χ1n) is 8.58. The van der Waals surface area contributed by atoms with Crippen molar-refractivity contribution >= 4 is 0 Å². The van der Waals surface area contributed by atoms with Gasteiger partial charge in [-0.15, -0.1) is 0 Å². The van der Waals surface area contributed by atoms with Gasteiger partial charge in [0.05, 0.1) is 12.2 Å². The van der Waals surface area contributed by atoms with Gasteiger partial charge in [0.2, 0.25) is 0 Å². The summed E-state index contributed by atoms with van der Waals surface area (Å²) in [5.41, 5.74) is 1.51. The summed E-state index contributed by atoms with van der Waals surface area (Å²) in [6, 6.07) is 13.0. The lowest BCUT2D eigenvalue weighted by atomic mass is 9.97. The molecule has 1 aliphatic rings. The molecule has 25 heavy (non-hydrogen) atoms. The minimum Gasteiger partial charge on any atom is -0.376 e. The molecule has 134 valence electrons. The predicted molar refractivity (Wildman–Crippen MR) is 92.1 cm³/mol. The predicted octanol–water partition coefficient (Wildman–Crippen LogP) is 4.89. The third kappa shape index (κ3) is 4.83. The molecule has 0 aromatic heterocycles. The van der Waals surface area contributed by atoms with Crippen LogP contribution >= 0.6 is 0 Å². The van der Waals surface area contributed by atoms with Gasteiger partial charge in [0.15, 0.2) is 0 Å². The van der Waals surface area contributed by atoms with E-state index in [0.29, 0.717) is 24.7 Å². The Morgan fingerprint density at radius 1 is 1.00 bits per heavy atom. The van der Waals surface area contributed by atoms with Crippen molar-refractivity contribution in [1.29, 1.82) is 0 Å². The summed E-state index contributed by atoms with van der Waals surface area (Å²) in [5, 5.41) is 3.31. The molecule has 0 atom stereocenters. The van der Waals surface area contributed by atoms with Gasteiger partial charge in [0, 0.05) is 6.61 Å². The SMILES string of the molecule is FC(F)(F)c1ccc(COCC2CCNCC2)c(-c2ccccc2)c1. The normalized spacial score (nSPS) is 16.1. The third-order valence-corrected chi connectivity index (χ3v) is 4.59. The van der Waals surface area contributed by atoms with E-state index < -0.39 is 11.7 Å². The Balaban J connectivity index is 1.77. The quantitative estimate of drug-likeness (QED) is 0.830. The lowest BCUT2D eigenvalue weighted by molar-refractivity contribution is -0.137. The van der Waals surface area contributed by atoms with E-state index in [-0.39, 0.29) is 0 Å². The molecular weight excluding hydrogens is 327 g/mol. The Hall–Kier alpha value is -1.85. The monoisotopic (exact) mass is 349 g/mol. The molecule has 2 aromatic carbocycles. The van der Waals surface area contributed by atoms with Crippen LogP contribution in [0.15, 0.2) is 48.5 Å². The number of ether oxygens (including phenoxy) is 1. The number of halogens is 3. The average Bonchev–Trinajstić information content (AvgIpc) is 2.63. The van der Waals surface area contributed by atoms with Crippen molar-refractivity contribution in [3.05, 3.63) is 59.7 Å². The molecule has 5 heteroatoms. The first-order valence-corrected chi connectivity index (χ1v) is 8.58. The number of alkyl halides is 3. The summed E-state index contributed by atoms with van der Waals surface area (Å²) < 4.78 is 45.1. The second kappa shape index (κ2) is 8.02. The molecule has 0 amide bonds. The van der Waals surface area contributed by atoms with Gasteiger partial charge < -0.3 is 10.1 Å². The van der Waals surface area contributed by atoms with E-state index >= 15 is 0 Å². The van der Waals surface area contributed by atoms with Gasteiger partial charge in [-0.05, 0) is 60.7 Å². The van der Waals surface area contributed by atoms with Crippen LogP contribution in [0.2, 0.25) is 0 Å². The van der Waals surface area contributed by atoms with E-state index in [1.54, 1.807) is 0 Å². The molecule has 0 radical (unpaired) electrons. The molecule has 0 aliphatic carbocycles. The largest absolute Gasteiger partial charge is 0.416 e. The minimum atomic E-state index is -4.35. The van der Waals surface area contributed by atoms with Crippen LogP contribution in [0.3, 0.4) is 0 Å². The van der Waals surface area contributed by atoms with Gasteiger partial charge in [0.25, 0.3) is 0 Å². The minimum absolute atomic E-state index is 0.326. The molecule has 0 unspecified atom stereocenters. The molecule has 3 rings (SSSR count). The van der Waals surface area contributed by atoms with E-state index in [1.165, 1.54) is 12.1 Å². The molecule has 0 saturated carbocycles. The maximum absolute atomic E-state index is 13.1. The van der Waals surface area contributed by atoms with E-state index in [1.807, 2.05) is 30.3 Å². The smallest absolute Gasteiger partial charge is 0.376 e. The number of hydrogen-bond donors (Lipinski definition) is 1.